The van der Waals surface area contributed by atoms with E-state index in [1.54, 1.807) is 37.0 Å². The Morgan fingerprint density at radius 2 is 1.80 bits per heavy atom. The van der Waals surface area contributed by atoms with E-state index in [1.807, 2.05) is 6.92 Å². The molecule has 0 radical (unpaired) electrons. The van der Waals surface area contributed by atoms with E-state index in [0.29, 0.717) is 23.5 Å². The summed E-state index contributed by atoms with van der Waals surface area (Å²) in [6, 6.07) is 7.14. The van der Waals surface area contributed by atoms with Crippen molar-refractivity contribution in [1.29, 1.82) is 0 Å². The molecule has 2 aromatic heterocycles. The van der Waals surface area contributed by atoms with Gasteiger partial charge in [0.05, 0.1) is 15.6 Å². The van der Waals surface area contributed by atoms with Crippen molar-refractivity contribution >= 4 is 43.5 Å². The average molecular weight is 493 g/mol. The number of nitrogens with one attached hydrogen (secondary N) is 2. The Balaban J connectivity index is 1.72. The Morgan fingerprint density at radius 3 is 2.33 bits per heavy atom. The van der Waals surface area contributed by atoms with Gasteiger partial charge >= 0.3 is 0 Å². The molecule has 2 N–H and O–H groups in total. The molecule has 30 heavy (non-hydrogen) atoms. The number of aryl methyl sites for hydroxylation is 2. The summed E-state index contributed by atoms with van der Waals surface area (Å²) in [6.45, 7) is 5.40. The van der Waals surface area contributed by atoms with Crippen LogP contribution in [0.5, 0.6) is 0 Å². The van der Waals surface area contributed by atoms with Crippen LogP contribution in [0.25, 0.3) is 0 Å². The number of carbonyl (C=O) groups excluding carboxylic acids is 1. The van der Waals surface area contributed by atoms with Crippen LogP contribution in [-0.4, -0.2) is 34.1 Å². The number of amides is 1. The highest BCUT2D eigenvalue weighted by Gasteiger charge is 2.20. The topological polar surface area (TPSA) is 119 Å². The molecule has 0 saturated heterocycles. The van der Waals surface area contributed by atoms with Gasteiger partial charge in [0.1, 0.15) is 6.04 Å². The fourth-order valence-electron chi connectivity index (χ4n) is 2.87. The molecule has 2 heterocycles. The maximum absolute atomic E-state index is 12.6. The predicted molar refractivity (Wildman–Crippen MR) is 117 cm³/mol. The summed E-state index contributed by atoms with van der Waals surface area (Å²) >= 11 is 3.32. The van der Waals surface area contributed by atoms with Gasteiger partial charge in [0.2, 0.25) is 11.9 Å². The third-order valence-electron chi connectivity index (χ3n) is 4.22. The summed E-state index contributed by atoms with van der Waals surface area (Å²) in [6.07, 6.45) is 3.89. The van der Waals surface area contributed by atoms with Crippen molar-refractivity contribution in [3.8, 4) is 0 Å². The Morgan fingerprint density at radius 1 is 1.17 bits per heavy atom. The number of hydrogen-bond acceptors (Lipinski definition) is 6. The maximum atomic E-state index is 12.6. The molecule has 1 atom stereocenters. The molecular weight excluding hydrogens is 472 g/mol. The second kappa shape index (κ2) is 8.92. The number of nitrogens with zero attached hydrogens (tertiary/aromatic N) is 4. The highest BCUT2D eigenvalue weighted by molar-refractivity contribution is 9.10. The standard InChI is InChI=1S/C19H21BrN6O3S/c1-4-17(26-11-14(20)10-21-26)18(27)24-15-5-7-16(8-6-15)30(28,29)25-19-22-12(2)9-13(3)23-19/h5-11,17H,4H2,1-3H3,(H,24,27)(H,22,23,25). The first-order valence-electron chi connectivity index (χ1n) is 9.13. The molecule has 11 heteroatoms. The smallest absolute Gasteiger partial charge is 0.264 e. The van der Waals surface area contributed by atoms with Crippen molar-refractivity contribution < 1.29 is 13.2 Å². The zero-order valence-corrected chi connectivity index (χ0v) is 19.0. The van der Waals surface area contributed by atoms with Crippen LogP contribution >= 0.6 is 15.9 Å². The summed E-state index contributed by atoms with van der Waals surface area (Å²) in [5.74, 6) is -0.230. The summed E-state index contributed by atoms with van der Waals surface area (Å²) < 4.78 is 29.9. The first kappa shape index (κ1) is 21.9. The van der Waals surface area contributed by atoms with Crippen LogP contribution in [0.3, 0.4) is 0 Å². The van der Waals surface area contributed by atoms with Crippen LogP contribution in [-0.2, 0) is 14.8 Å². The minimum Gasteiger partial charge on any atom is -0.324 e. The van der Waals surface area contributed by atoms with Crippen LogP contribution in [0.1, 0.15) is 30.8 Å². The molecule has 3 aromatic rings. The summed E-state index contributed by atoms with van der Waals surface area (Å²) in [5.41, 5.74) is 1.80. The summed E-state index contributed by atoms with van der Waals surface area (Å²) in [7, 11) is -3.86. The van der Waals surface area contributed by atoms with Crippen LogP contribution in [0, 0.1) is 13.8 Å². The first-order valence-corrected chi connectivity index (χ1v) is 11.4. The SMILES string of the molecule is CCC(C(=O)Nc1ccc(S(=O)(=O)Nc2nc(C)cc(C)n2)cc1)n1cc(Br)cn1. The lowest BCUT2D eigenvalue weighted by Crippen LogP contribution is -2.26. The minimum absolute atomic E-state index is 0.0149. The number of hydrogen-bond donors (Lipinski definition) is 2. The molecule has 0 bridgehead atoms. The van der Waals surface area contributed by atoms with Gasteiger partial charge in [-0.2, -0.15) is 5.10 Å². The van der Waals surface area contributed by atoms with Crippen molar-refractivity contribution in [2.75, 3.05) is 10.0 Å². The zero-order valence-electron chi connectivity index (χ0n) is 16.6. The first-order chi connectivity index (χ1) is 14.2. The normalized spacial score (nSPS) is 12.4. The van der Waals surface area contributed by atoms with Gasteiger partial charge in [-0.3, -0.25) is 9.48 Å². The van der Waals surface area contributed by atoms with Gasteiger partial charge in [0.15, 0.2) is 0 Å². The van der Waals surface area contributed by atoms with Crippen molar-refractivity contribution in [1.82, 2.24) is 19.7 Å². The monoisotopic (exact) mass is 492 g/mol. The lowest BCUT2D eigenvalue weighted by atomic mass is 10.2. The van der Waals surface area contributed by atoms with Gasteiger partial charge in [0.25, 0.3) is 10.0 Å². The fraction of sp³-hybridized carbons (Fsp3) is 0.263. The van der Waals surface area contributed by atoms with Crippen LogP contribution in [0.15, 0.2) is 52.1 Å². The van der Waals surface area contributed by atoms with Crippen molar-refractivity contribution in [2.45, 2.75) is 38.1 Å². The van der Waals surface area contributed by atoms with E-state index in [1.165, 1.54) is 24.3 Å². The Labute approximate surface area is 183 Å². The number of halogens is 1. The lowest BCUT2D eigenvalue weighted by Gasteiger charge is -2.15. The molecule has 3 rings (SSSR count). The van der Waals surface area contributed by atoms with Crippen LogP contribution in [0.4, 0.5) is 11.6 Å². The van der Waals surface area contributed by atoms with E-state index in [9.17, 15) is 13.2 Å². The number of aromatic nitrogens is 4. The van der Waals surface area contributed by atoms with Crippen molar-refractivity contribution in [3.05, 3.63) is 58.6 Å². The summed E-state index contributed by atoms with van der Waals surface area (Å²) in [4.78, 5) is 20.8. The number of rotatable bonds is 7. The van der Waals surface area contributed by atoms with Gasteiger partial charge in [0, 0.05) is 23.3 Å². The van der Waals surface area contributed by atoms with Gasteiger partial charge < -0.3 is 5.32 Å². The molecule has 0 spiro atoms. The van der Waals surface area contributed by atoms with E-state index >= 15 is 0 Å². The number of sulfonamides is 1. The Hall–Kier alpha value is -2.79. The average Bonchev–Trinajstić information content (AvgIpc) is 3.07. The van der Waals surface area contributed by atoms with E-state index in [2.05, 4.69) is 41.0 Å². The second-order valence-corrected chi connectivity index (χ2v) is 9.25. The highest BCUT2D eigenvalue weighted by atomic mass is 79.9. The van der Waals surface area contributed by atoms with Gasteiger partial charge in [-0.25, -0.2) is 23.1 Å². The fourth-order valence-corrected chi connectivity index (χ4v) is 4.12. The largest absolute Gasteiger partial charge is 0.324 e. The van der Waals surface area contributed by atoms with E-state index in [-0.39, 0.29) is 16.8 Å². The molecule has 0 saturated carbocycles. The molecule has 0 fully saturated rings. The number of carbonyl (C=O) groups is 1. The molecule has 0 aliphatic heterocycles. The lowest BCUT2D eigenvalue weighted by molar-refractivity contribution is -0.119. The van der Waals surface area contributed by atoms with Crippen molar-refractivity contribution in [2.24, 2.45) is 0 Å². The molecule has 1 unspecified atom stereocenters. The van der Waals surface area contributed by atoms with E-state index in [4.69, 9.17) is 0 Å². The Bertz CT molecular complexity index is 1140. The maximum Gasteiger partial charge on any atom is 0.264 e. The molecule has 1 amide bonds. The molecule has 0 aliphatic rings. The van der Waals surface area contributed by atoms with Crippen LogP contribution < -0.4 is 10.0 Å². The second-order valence-electron chi connectivity index (χ2n) is 6.66. The molecule has 1 aromatic carbocycles. The third kappa shape index (κ3) is 5.22. The molecule has 0 aliphatic carbocycles. The number of benzene rings is 1. The number of anilines is 2. The van der Waals surface area contributed by atoms with Gasteiger partial charge in [-0.1, -0.05) is 6.92 Å². The minimum atomic E-state index is -3.86. The van der Waals surface area contributed by atoms with Crippen LogP contribution in [0.2, 0.25) is 0 Å². The quantitative estimate of drug-likeness (QED) is 0.521. The summed E-state index contributed by atoms with van der Waals surface area (Å²) in [5, 5.41) is 6.95. The highest BCUT2D eigenvalue weighted by Crippen LogP contribution is 2.20. The molecule has 9 nitrogen and oxygen atoms in total. The zero-order chi connectivity index (χ0) is 21.9. The van der Waals surface area contributed by atoms with Gasteiger partial charge in [-0.05, 0) is 66.5 Å². The van der Waals surface area contributed by atoms with Crippen molar-refractivity contribution in [3.63, 3.8) is 0 Å². The Kier molecular flexibility index (Phi) is 6.52. The predicted octanol–water partition coefficient (Wildman–Crippen LogP) is 3.44. The van der Waals surface area contributed by atoms with E-state index in [0.717, 1.165) is 4.47 Å². The molecule has 158 valence electrons. The van der Waals surface area contributed by atoms with Gasteiger partial charge in [-0.15, -0.1) is 0 Å². The van der Waals surface area contributed by atoms with E-state index < -0.39 is 16.1 Å². The molecular formula is C19H21BrN6O3S. The third-order valence-corrected chi connectivity index (χ3v) is 5.97.